The lowest BCUT2D eigenvalue weighted by Crippen LogP contribution is -2.19. The second-order valence-corrected chi connectivity index (χ2v) is 4.80. The minimum absolute atomic E-state index is 0.833. The molecular formula is C14H26N2O. The zero-order valence-electron chi connectivity index (χ0n) is 11.2. The van der Waals surface area contributed by atoms with Crippen molar-refractivity contribution in [1.29, 1.82) is 0 Å². The lowest BCUT2D eigenvalue weighted by molar-refractivity contribution is 0.314. The van der Waals surface area contributed by atoms with Gasteiger partial charge in [-0.3, -0.25) is 0 Å². The first-order valence-electron chi connectivity index (χ1n) is 6.65. The average Bonchev–Trinajstić information content (AvgIpc) is 2.69. The highest BCUT2D eigenvalue weighted by Crippen LogP contribution is 2.11. The largest absolute Gasteiger partial charge is 0.469 e. The van der Waals surface area contributed by atoms with Gasteiger partial charge in [-0.25, -0.2) is 0 Å². The molecule has 0 aromatic carbocycles. The molecule has 98 valence electrons. The summed E-state index contributed by atoms with van der Waals surface area (Å²) in [5, 5.41) is 0. The van der Waals surface area contributed by atoms with E-state index >= 15 is 0 Å². The zero-order valence-corrected chi connectivity index (χ0v) is 11.2. The number of hydrogen-bond acceptors (Lipinski definition) is 3. The quantitative estimate of drug-likeness (QED) is 0.673. The lowest BCUT2D eigenvalue weighted by atomic mass is 10.1. The van der Waals surface area contributed by atoms with Gasteiger partial charge in [0.2, 0.25) is 0 Å². The summed E-state index contributed by atoms with van der Waals surface area (Å²) >= 11 is 0. The van der Waals surface area contributed by atoms with E-state index in [0.29, 0.717) is 0 Å². The first-order valence-corrected chi connectivity index (χ1v) is 6.65. The van der Waals surface area contributed by atoms with Gasteiger partial charge in [0, 0.05) is 12.1 Å². The van der Waals surface area contributed by atoms with E-state index in [2.05, 4.69) is 18.0 Å². The number of rotatable bonds is 9. The van der Waals surface area contributed by atoms with Crippen LogP contribution < -0.4 is 5.73 Å². The Morgan fingerprint density at radius 1 is 1.18 bits per heavy atom. The standard InChI is InChI=1S/C14H26N2O/c1-13-14(8-11-17-13)12-16(2)10-7-5-3-4-6-9-15/h8,11H,3-7,9-10,12,15H2,1-2H3. The molecule has 0 radical (unpaired) electrons. The molecule has 0 saturated heterocycles. The van der Waals surface area contributed by atoms with Gasteiger partial charge in [-0.1, -0.05) is 19.3 Å². The van der Waals surface area contributed by atoms with E-state index in [9.17, 15) is 0 Å². The summed E-state index contributed by atoms with van der Waals surface area (Å²) in [5.74, 6) is 1.04. The molecule has 1 rings (SSSR count). The van der Waals surface area contributed by atoms with E-state index in [0.717, 1.165) is 25.4 Å². The van der Waals surface area contributed by atoms with Crippen LogP contribution in [0.25, 0.3) is 0 Å². The van der Waals surface area contributed by atoms with E-state index < -0.39 is 0 Å². The molecule has 0 aliphatic carbocycles. The predicted octanol–water partition coefficient (Wildman–Crippen LogP) is 2.93. The molecule has 17 heavy (non-hydrogen) atoms. The van der Waals surface area contributed by atoms with Crippen molar-refractivity contribution >= 4 is 0 Å². The van der Waals surface area contributed by atoms with Gasteiger partial charge in [0.15, 0.2) is 0 Å². The molecule has 0 spiro atoms. The fraction of sp³-hybridized carbons (Fsp3) is 0.714. The van der Waals surface area contributed by atoms with Crippen molar-refractivity contribution in [3.63, 3.8) is 0 Å². The molecule has 0 fully saturated rings. The Bertz CT molecular complexity index is 296. The zero-order chi connectivity index (χ0) is 12.5. The summed E-state index contributed by atoms with van der Waals surface area (Å²) in [7, 11) is 2.17. The molecule has 0 amide bonds. The van der Waals surface area contributed by atoms with Gasteiger partial charge in [0.1, 0.15) is 5.76 Å². The van der Waals surface area contributed by atoms with Crippen LogP contribution in [0.15, 0.2) is 16.7 Å². The number of nitrogens with two attached hydrogens (primary N) is 1. The van der Waals surface area contributed by atoms with Crippen LogP contribution in [0, 0.1) is 6.92 Å². The second kappa shape index (κ2) is 8.31. The summed E-state index contributed by atoms with van der Waals surface area (Å²) in [4.78, 5) is 2.36. The van der Waals surface area contributed by atoms with Gasteiger partial charge in [-0.05, 0) is 46.0 Å². The van der Waals surface area contributed by atoms with Gasteiger partial charge in [0.25, 0.3) is 0 Å². The van der Waals surface area contributed by atoms with Gasteiger partial charge < -0.3 is 15.1 Å². The number of aryl methyl sites for hydroxylation is 1. The molecule has 3 heteroatoms. The van der Waals surface area contributed by atoms with E-state index in [1.807, 2.05) is 6.92 Å². The highest BCUT2D eigenvalue weighted by Gasteiger charge is 2.04. The summed E-state index contributed by atoms with van der Waals surface area (Å²) in [6.45, 7) is 5.01. The first kappa shape index (κ1) is 14.3. The fourth-order valence-corrected chi connectivity index (χ4v) is 2.00. The Kier molecular flexibility index (Phi) is 6.97. The first-order chi connectivity index (χ1) is 8.24. The molecule has 2 N–H and O–H groups in total. The maximum Gasteiger partial charge on any atom is 0.105 e. The Labute approximate surface area is 105 Å². The molecule has 0 bridgehead atoms. The van der Waals surface area contributed by atoms with Crippen LogP contribution in [-0.2, 0) is 6.54 Å². The summed E-state index contributed by atoms with van der Waals surface area (Å²) in [5.41, 5.74) is 6.77. The molecule has 0 aliphatic heterocycles. The van der Waals surface area contributed by atoms with Crippen molar-refractivity contribution < 1.29 is 4.42 Å². The molecule has 0 aliphatic rings. The van der Waals surface area contributed by atoms with Gasteiger partial charge in [-0.15, -0.1) is 0 Å². The number of furan rings is 1. The molecule has 1 aromatic heterocycles. The van der Waals surface area contributed by atoms with E-state index in [1.165, 1.54) is 37.7 Å². The Hall–Kier alpha value is -0.800. The van der Waals surface area contributed by atoms with Crippen molar-refractivity contribution in [1.82, 2.24) is 4.90 Å². The molecule has 0 atom stereocenters. The van der Waals surface area contributed by atoms with Gasteiger partial charge >= 0.3 is 0 Å². The second-order valence-electron chi connectivity index (χ2n) is 4.80. The van der Waals surface area contributed by atoms with E-state index in [-0.39, 0.29) is 0 Å². The van der Waals surface area contributed by atoms with Crippen LogP contribution >= 0.6 is 0 Å². The number of hydrogen-bond donors (Lipinski definition) is 1. The number of unbranched alkanes of at least 4 members (excludes halogenated alkanes) is 4. The van der Waals surface area contributed by atoms with Crippen LogP contribution in [0.1, 0.15) is 43.4 Å². The van der Waals surface area contributed by atoms with Gasteiger partial charge in [0.05, 0.1) is 6.26 Å². The van der Waals surface area contributed by atoms with Crippen molar-refractivity contribution in [2.75, 3.05) is 20.1 Å². The normalized spacial score (nSPS) is 11.3. The number of nitrogens with zero attached hydrogens (tertiary/aromatic N) is 1. The van der Waals surface area contributed by atoms with Crippen molar-refractivity contribution in [2.24, 2.45) is 5.73 Å². The minimum Gasteiger partial charge on any atom is -0.469 e. The molecular weight excluding hydrogens is 212 g/mol. The molecule has 0 saturated carbocycles. The highest BCUT2D eigenvalue weighted by atomic mass is 16.3. The predicted molar refractivity (Wildman–Crippen MR) is 71.9 cm³/mol. The van der Waals surface area contributed by atoms with Crippen LogP contribution in [-0.4, -0.2) is 25.0 Å². The third-order valence-electron chi connectivity index (χ3n) is 3.15. The topological polar surface area (TPSA) is 42.4 Å². The Morgan fingerprint density at radius 3 is 2.53 bits per heavy atom. The smallest absolute Gasteiger partial charge is 0.105 e. The van der Waals surface area contributed by atoms with E-state index in [1.54, 1.807) is 6.26 Å². The molecule has 1 aromatic rings. The Balaban J connectivity index is 2.05. The molecule has 1 heterocycles. The van der Waals surface area contributed by atoms with Crippen molar-refractivity contribution in [2.45, 2.75) is 45.6 Å². The summed E-state index contributed by atoms with van der Waals surface area (Å²) < 4.78 is 5.30. The van der Waals surface area contributed by atoms with Crippen molar-refractivity contribution in [3.8, 4) is 0 Å². The SMILES string of the molecule is Cc1occc1CN(C)CCCCCCCN. The molecule has 0 unspecified atom stereocenters. The van der Waals surface area contributed by atoms with Crippen LogP contribution in [0.3, 0.4) is 0 Å². The Morgan fingerprint density at radius 2 is 1.88 bits per heavy atom. The highest BCUT2D eigenvalue weighted by molar-refractivity contribution is 5.14. The molecule has 3 nitrogen and oxygen atoms in total. The van der Waals surface area contributed by atoms with Crippen LogP contribution in [0.2, 0.25) is 0 Å². The maximum atomic E-state index is 5.46. The third kappa shape index (κ3) is 5.89. The average molecular weight is 238 g/mol. The fourth-order valence-electron chi connectivity index (χ4n) is 2.00. The summed E-state index contributed by atoms with van der Waals surface area (Å²) in [6, 6.07) is 2.06. The monoisotopic (exact) mass is 238 g/mol. The van der Waals surface area contributed by atoms with Gasteiger partial charge in [-0.2, -0.15) is 0 Å². The van der Waals surface area contributed by atoms with E-state index in [4.69, 9.17) is 10.2 Å². The lowest BCUT2D eigenvalue weighted by Gasteiger charge is -2.15. The third-order valence-corrected chi connectivity index (χ3v) is 3.15. The maximum absolute atomic E-state index is 5.46. The van der Waals surface area contributed by atoms with Crippen molar-refractivity contribution in [3.05, 3.63) is 23.7 Å². The summed E-state index contributed by atoms with van der Waals surface area (Å²) in [6.07, 6.45) is 8.12. The van der Waals surface area contributed by atoms with Crippen LogP contribution in [0.5, 0.6) is 0 Å². The minimum atomic E-state index is 0.833. The van der Waals surface area contributed by atoms with Crippen LogP contribution in [0.4, 0.5) is 0 Å².